The van der Waals surface area contributed by atoms with E-state index in [2.05, 4.69) is 10.4 Å². The number of halogens is 1. The van der Waals surface area contributed by atoms with E-state index in [-0.39, 0.29) is 22.1 Å². The number of tetrazole rings is 1. The van der Waals surface area contributed by atoms with Crippen LogP contribution in [0, 0.1) is 0 Å². The number of carbonyl (C=O) groups is 2. The third-order valence-electron chi connectivity index (χ3n) is 3.54. The van der Waals surface area contributed by atoms with Gasteiger partial charge in [0.15, 0.2) is 5.78 Å². The van der Waals surface area contributed by atoms with Gasteiger partial charge in [0.2, 0.25) is 0 Å². The Labute approximate surface area is 141 Å². The zero-order valence-corrected chi connectivity index (χ0v) is 13.5. The number of hydrogen-bond donors (Lipinski definition) is 0. The van der Waals surface area contributed by atoms with Gasteiger partial charge < -0.3 is 4.74 Å². The molecule has 0 spiro atoms. The van der Waals surface area contributed by atoms with Gasteiger partial charge in [-0.15, -0.1) is 0 Å². The SMILES string of the molecule is Cn1nnn(-c2cccc(C(=O)OC3=CC(=O)CCC3)c2Cl)c1=O. The van der Waals surface area contributed by atoms with Crippen LogP contribution in [0.15, 0.2) is 34.8 Å². The molecule has 0 atom stereocenters. The Balaban J connectivity index is 1.93. The summed E-state index contributed by atoms with van der Waals surface area (Å²) in [5.74, 6) is -0.455. The van der Waals surface area contributed by atoms with Gasteiger partial charge in [-0.05, 0) is 29.0 Å². The Hall–Kier alpha value is -2.74. The molecule has 0 amide bonds. The number of allylic oxidation sites excluding steroid dienone is 2. The van der Waals surface area contributed by atoms with Crippen LogP contribution in [0.25, 0.3) is 5.69 Å². The summed E-state index contributed by atoms with van der Waals surface area (Å²) in [6.07, 6.45) is 2.93. The van der Waals surface area contributed by atoms with Crippen molar-refractivity contribution in [3.05, 3.63) is 51.1 Å². The summed E-state index contributed by atoms with van der Waals surface area (Å²) >= 11 is 6.24. The molecule has 2 aromatic rings. The van der Waals surface area contributed by atoms with Crippen molar-refractivity contribution in [2.45, 2.75) is 19.3 Å². The van der Waals surface area contributed by atoms with Crippen LogP contribution in [0.3, 0.4) is 0 Å². The molecule has 0 bridgehead atoms. The Morgan fingerprint density at radius 2 is 2.04 bits per heavy atom. The van der Waals surface area contributed by atoms with Crippen molar-refractivity contribution in [3.63, 3.8) is 0 Å². The average molecular weight is 349 g/mol. The fraction of sp³-hybridized carbons (Fsp3) is 0.267. The lowest BCUT2D eigenvalue weighted by molar-refractivity contribution is -0.115. The van der Waals surface area contributed by atoms with Gasteiger partial charge in [0, 0.05) is 26.0 Å². The van der Waals surface area contributed by atoms with E-state index in [1.165, 1.54) is 19.2 Å². The van der Waals surface area contributed by atoms with E-state index in [0.29, 0.717) is 25.0 Å². The van der Waals surface area contributed by atoms with Crippen LogP contribution in [-0.2, 0) is 16.6 Å². The molecule has 0 radical (unpaired) electrons. The maximum atomic E-state index is 12.3. The fourth-order valence-electron chi connectivity index (χ4n) is 2.32. The topological polar surface area (TPSA) is 96.1 Å². The van der Waals surface area contributed by atoms with Gasteiger partial charge in [-0.1, -0.05) is 17.7 Å². The third-order valence-corrected chi connectivity index (χ3v) is 3.94. The summed E-state index contributed by atoms with van der Waals surface area (Å²) in [4.78, 5) is 35.6. The van der Waals surface area contributed by atoms with Gasteiger partial charge >= 0.3 is 11.7 Å². The highest BCUT2D eigenvalue weighted by Crippen LogP contribution is 2.26. The van der Waals surface area contributed by atoms with E-state index in [0.717, 1.165) is 9.36 Å². The summed E-state index contributed by atoms with van der Waals surface area (Å²) in [5, 5.41) is 7.32. The molecule has 8 nitrogen and oxygen atoms in total. The lowest BCUT2D eigenvalue weighted by atomic mass is 10.1. The van der Waals surface area contributed by atoms with Gasteiger partial charge in [-0.2, -0.15) is 9.36 Å². The lowest BCUT2D eigenvalue weighted by Crippen LogP contribution is -2.22. The first-order valence-electron chi connectivity index (χ1n) is 7.21. The summed E-state index contributed by atoms with van der Waals surface area (Å²) in [7, 11) is 1.45. The number of aromatic nitrogens is 4. The maximum Gasteiger partial charge on any atom is 0.368 e. The monoisotopic (exact) mass is 348 g/mol. The summed E-state index contributed by atoms with van der Waals surface area (Å²) in [6.45, 7) is 0. The van der Waals surface area contributed by atoms with Crippen LogP contribution in [0.2, 0.25) is 5.02 Å². The molecule has 0 saturated heterocycles. The molecule has 0 saturated carbocycles. The molecule has 1 aromatic heterocycles. The smallest absolute Gasteiger partial charge is 0.368 e. The molecule has 0 aliphatic heterocycles. The van der Waals surface area contributed by atoms with E-state index in [1.54, 1.807) is 12.1 Å². The van der Waals surface area contributed by atoms with Crippen LogP contribution in [0.1, 0.15) is 29.6 Å². The Morgan fingerprint density at radius 3 is 2.71 bits per heavy atom. The van der Waals surface area contributed by atoms with Gasteiger partial charge in [0.25, 0.3) is 0 Å². The van der Waals surface area contributed by atoms with Crippen molar-refractivity contribution in [1.29, 1.82) is 0 Å². The summed E-state index contributed by atoms with van der Waals surface area (Å²) in [5.41, 5.74) is -0.202. The molecule has 124 valence electrons. The van der Waals surface area contributed by atoms with E-state index in [4.69, 9.17) is 16.3 Å². The maximum absolute atomic E-state index is 12.3. The number of aryl methyl sites for hydroxylation is 1. The van der Waals surface area contributed by atoms with Gasteiger partial charge in [0.1, 0.15) is 5.76 Å². The molecule has 0 unspecified atom stereocenters. The number of esters is 1. The first-order chi connectivity index (χ1) is 11.5. The zero-order valence-electron chi connectivity index (χ0n) is 12.7. The molecule has 1 aliphatic rings. The highest BCUT2D eigenvalue weighted by molar-refractivity contribution is 6.35. The summed E-state index contributed by atoms with van der Waals surface area (Å²) in [6, 6.07) is 4.57. The molecular weight excluding hydrogens is 336 g/mol. The van der Waals surface area contributed by atoms with Crippen LogP contribution in [0.5, 0.6) is 0 Å². The van der Waals surface area contributed by atoms with E-state index >= 15 is 0 Å². The molecular formula is C15H13ClN4O4. The van der Waals surface area contributed by atoms with Gasteiger partial charge in [0.05, 0.1) is 16.3 Å². The molecule has 0 N–H and O–H groups in total. The second-order valence-corrected chi connectivity index (χ2v) is 5.63. The number of rotatable bonds is 3. The van der Waals surface area contributed by atoms with E-state index in [9.17, 15) is 14.4 Å². The zero-order chi connectivity index (χ0) is 17.3. The first kappa shape index (κ1) is 16.1. The average Bonchev–Trinajstić information content (AvgIpc) is 2.87. The lowest BCUT2D eigenvalue weighted by Gasteiger charge is -2.13. The van der Waals surface area contributed by atoms with Crippen LogP contribution >= 0.6 is 11.6 Å². The predicted octanol–water partition coefficient (Wildman–Crippen LogP) is 1.41. The van der Waals surface area contributed by atoms with Crippen molar-refractivity contribution >= 4 is 23.4 Å². The van der Waals surface area contributed by atoms with Crippen molar-refractivity contribution in [3.8, 4) is 5.69 Å². The molecule has 1 aliphatic carbocycles. The molecule has 1 heterocycles. The van der Waals surface area contributed by atoms with Gasteiger partial charge in [-0.3, -0.25) is 4.79 Å². The van der Waals surface area contributed by atoms with Crippen LogP contribution in [-0.4, -0.2) is 31.5 Å². The second kappa shape index (κ2) is 6.40. The predicted molar refractivity (Wildman–Crippen MR) is 84.0 cm³/mol. The number of nitrogens with zero attached hydrogens (tertiary/aromatic N) is 4. The van der Waals surface area contributed by atoms with Gasteiger partial charge in [-0.25, -0.2) is 9.59 Å². The summed E-state index contributed by atoms with van der Waals surface area (Å²) < 4.78 is 7.27. The molecule has 1 aromatic carbocycles. The minimum absolute atomic E-state index is 0.0211. The largest absolute Gasteiger partial charge is 0.427 e. The highest BCUT2D eigenvalue weighted by Gasteiger charge is 2.21. The van der Waals surface area contributed by atoms with Crippen molar-refractivity contribution in [2.24, 2.45) is 7.05 Å². The van der Waals surface area contributed by atoms with Crippen molar-refractivity contribution in [2.75, 3.05) is 0 Å². The molecule has 0 fully saturated rings. The minimum atomic E-state index is -0.695. The van der Waals surface area contributed by atoms with Crippen LogP contribution < -0.4 is 5.69 Å². The second-order valence-electron chi connectivity index (χ2n) is 5.26. The normalized spacial score (nSPS) is 14.4. The standard InChI is InChI=1S/C15H13ClN4O4/c1-19-15(23)20(18-17-19)12-7-3-6-11(13(12)16)14(22)24-10-5-2-4-9(21)8-10/h3,6-8H,2,4-5H2,1H3. The molecule has 24 heavy (non-hydrogen) atoms. The number of hydrogen-bond acceptors (Lipinski definition) is 6. The van der Waals surface area contributed by atoms with Crippen LogP contribution in [0.4, 0.5) is 0 Å². The fourth-order valence-corrected chi connectivity index (χ4v) is 2.60. The van der Waals surface area contributed by atoms with E-state index in [1.807, 2.05) is 0 Å². The number of carbonyl (C=O) groups excluding carboxylic acids is 2. The highest BCUT2D eigenvalue weighted by atomic mass is 35.5. The van der Waals surface area contributed by atoms with E-state index < -0.39 is 11.7 Å². The minimum Gasteiger partial charge on any atom is -0.427 e. The number of ketones is 1. The third kappa shape index (κ3) is 3.00. The molecule has 3 rings (SSSR count). The Kier molecular flexibility index (Phi) is 4.30. The van der Waals surface area contributed by atoms with Crippen molar-refractivity contribution in [1.82, 2.24) is 19.8 Å². The Morgan fingerprint density at radius 1 is 1.25 bits per heavy atom. The van der Waals surface area contributed by atoms with Crippen molar-refractivity contribution < 1.29 is 14.3 Å². The number of ether oxygens (including phenoxy) is 1. The Bertz CT molecular complexity index is 912. The number of benzene rings is 1. The first-order valence-corrected chi connectivity index (χ1v) is 7.58. The quantitative estimate of drug-likeness (QED) is 0.778. The molecule has 9 heteroatoms.